The van der Waals surface area contributed by atoms with Gasteiger partial charge in [0.1, 0.15) is 6.23 Å². The monoisotopic (exact) mass is 326 g/mol. The Morgan fingerprint density at radius 3 is 2.79 bits per heavy atom. The van der Waals surface area contributed by atoms with Crippen LogP contribution in [0.15, 0.2) is 24.3 Å². The molecule has 0 aromatic heterocycles. The molecule has 0 amide bonds. The minimum Gasteiger partial charge on any atom is -0.392 e. The normalized spacial score (nSPS) is 55.8. The maximum atomic E-state index is 11.6. The van der Waals surface area contributed by atoms with E-state index in [0.717, 1.165) is 19.3 Å². The molecule has 1 saturated carbocycles. The van der Waals surface area contributed by atoms with Gasteiger partial charge in [-0.25, -0.2) is 0 Å². The van der Waals surface area contributed by atoms with E-state index in [1.165, 1.54) is 11.3 Å². The van der Waals surface area contributed by atoms with Gasteiger partial charge in [0.15, 0.2) is 0 Å². The molecule has 1 aromatic rings. The zero-order valence-electron chi connectivity index (χ0n) is 14.3. The molecule has 5 bridgehead atoms. The van der Waals surface area contributed by atoms with E-state index in [9.17, 15) is 10.2 Å². The van der Waals surface area contributed by atoms with E-state index in [2.05, 4.69) is 48.0 Å². The summed E-state index contributed by atoms with van der Waals surface area (Å²) in [6.07, 6.45) is 2.56. The van der Waals surface area contributed by atoms with Crippen molar-refractivity contribution < 1.29 is 10.2 Å². The quantitative estimate of drug-likeness (QED) is 0.822. The van der Waals surface area contributed by atoms with Crippen molar-refractivity contribution in [3.63, 3.8) is 0 Å². The average molecular weight is 326 g/mol. The summed E-state index contributed by atoms with van der Waals surface area (Å²) in [5.41, 5.74) is 2.51. The summed E-state index contributed by atoms with van der Waals surface area (Å²) in [5, 5.41) is 22.6. The third-order valence-electron chi connectivity index (χ3n) is 8.46. The summed E-state index contributed by atoms with van der Waals surface area (Å²) in [5.74, 6) is 1.14. The van der Waals surface area contributed by atoms with E-state index < -0.39 is 0 Å². The number of anilines is 1. The number of para-hydroxylation sites is 1. The molecule has 6 aliphatic rings. The highest BCUT2D eigenvalue weighted by atomic mass is 16.3. The summed E-state index contributed by atoms with van der Waals surface area (Å²) in [7, 11) is 2.19. The fourth-order valence-corrected chi connectivity index (χ4v) is 7.88. The van der Waals surface area contributed by atoms with Crippen molar-refractivity contribution >= 4 is 5.69 Å². The highest BCUT2D eigenvalue weighted by molar-refractivity contribution is 5.67. The maximum Gasteiger partial charge on any atom is 0.111 e. The molecule has 4 saturated heterocycles. The molecule has 4 nitrogen and oxygen atoms in total. The van der Waals surface area contributed by atoms with Gasteiger partial charge in [-0.05, 0) is 36.8 Å². The van der Waals surface area contributed by atoms with Crippen LogP contribution >= 0.6 is 0 Å². The average Bonchev–Trinajstić information content (AvgIpc) is 2.97. The topological polar surface area (TPSA) is 46.9 Å². The molecule has 7 rings (SSSR count). The Balaban J connectivity index is 1.60. The van der Waals surface area contributed by atoms with Gasteiger partial charge in [-0.2, -0.15) is 0 Å². The lowest BCUT2D eigenvalue weighted by molar-refractivity contribution is -0.211. The van der Waals surface area contributed by atoms with E-state index in [4.69, 9.17) is 0 Å². The Labute approximate surface area is 143 Å². The fourth-order valence-electron chi connectivity index (χ4n) is 7.88. The van der Waals surface area contributed by atoms with E-state index in [-0.39, 0.29) is 17.7 Å². The molecule has 2 N–H and O–H groups in total. The zero-order valence-corrected chi connectivity index (χ0v) is 14.3. The minimum atomic E-state index is -0.319. The van der Waals surface area contributed by atoms with Gasteiger partial charge in [-0.3, -0.25) is 4.90 Å². The van der Waals surface area contributed by atoms with Gasteiger partial charge in [0.25, 0.3) is 0 Å². The Hall–Kier alpha value is -1.10. The van der Waals surface area contributed by atoms with Crippen molar-refractivity contribution in [2.45, 2.75) is 62.1 Å². The van der Waals surface area contributed by atoms with E-state index in [1.807, 2.05) is 0 Å². The number of benzene rings is 1. The first-order chi connectivity index (χ1) is 11.6. The maximum absolute atomic E-state index is 11.6. The van der Waals surface area contributed by atoms with Crippen molar-refractivity contribution in [1.29, 1.82) is 0 Å². The molecule has 10 atom stereocenters. The number of fused-ring (bicyclic) bond motifs is 2. The predicted octanol–water partition coefficient (Wildman–Crippen LogP) is 1.55. The van der Waals surface area contributed by atoms with Crippen LogP contribution in [0.1, 0.15) is 31.7 Å². The van der Waals surface area contributed by atoms with Crippen LogP contribution in [0.4, 0.5) is 5.69 Å². The summed E-state index contributed by atoms with van der Waals surface area (Å²) >= 11 is 0. The SMILES string of the molecule is CCC1C2CC3C4N(C)c5ccccc5[C@@]45CC(C2C5O)N3C1O. The number of aliphatic hydroxyl groups is 2. The molecule has 1 spiro atoms. The standard InChI is InChI=1S/C20H26N2O2/c1-3-10-11-8-14-17-20(12-6-4-5-7-13(12)21(17)2)9-15(16(11)18(20)23)22(14)19(10)24/h4-7,10-11,14-19,23-24H,3,8-9H2,1-2H3/t10?,11?,14?,15?,16?,17?,18?,19?,20-/m0/s1. The van der Waals surface area contributed by atoms with Gasteiger partial charge in [-0.15, -0.1) is 0 Å². The summed E-state index contributed by atoms with van der Waals surface area (Å²) in [6, 6.07) is 9.70. The van der Waals surface area contributed by atoms with E-state index in [1.54, 1.807) is 0 Å². The number of piperidine rings is 4. The number of hydrogen-bond acceptors (Lipinski definition) is 4. The first-order valence-electron chi connectivity index (χ1n) is 9.57. The predicted molar refractivity (Wildman–Crippen MR) is 91.7 cm³/mol. The molecule has 24 heavy (non-hydrogen) atoms. The third-order valence-corrected chi connectivity index (χ3v) is 8.46. The number of nitrogens with zero attached hydrogens (tertiary/aromatic N) is 2. The fraction of sp³-hybridized carbons (Fsp3) is 0.700. The van der Waals surface area contributed by atoms with Gasteiger partial charge in [0.2, 0.25) is 0 Å². The van der Waals surface area contributed by atoms with Crippen molar-refractivity contribution in [2.24, 2.45) is 17.8 Å². The Bertz CT molecular complexity index is 723. The summed E-state index contributed by atoms with van der Waals surface area (Å²) < 4.78 is 0. The molecule has 9 unspecified atom stereocenters. The largest absolute Gasteiger partial charge is 0.392 e. The van der Waals surface area contributed by atoms with E-state index in [0.29, 0.717) is 35.9 Å². The number of rotatable bonds is 1. The van der Waals surface area contributed by atoms with Crippen LogP contribution in [0.25, 0.3) is 0 Å². The zero-order chi connectivity index (χ0) is 16.4. The lowest BCUT2D eigenvalue weighted by atomic mass is 9.62. The molecule has 0 radical (unpaired) electrons. The second kappa shape index (κ2) is 4.17. The molecule has 128 valence electrons. The van der Waals surface area contributed by atoms with Crippen molar-refractivity contribution in [3.05, 3.63) is 29.8 Å². The van der Waals surface area contributed by atoms with Crippen LogP contribution in [0.2, 0.25) is 0 Å². The highest BCUT2D eigenvalue weighted by Gasteiger charge is 2.76. The van der Waals surface area contributed by atoms with Crippen molar-refractivity contribution in [3.8, 4) is 0 Å². The third kappa shape index (κ3) is 1.20. The van der Waals surface area contributed by atoms with Gasteiger partial charge in [0, 0.05) is 42.1 Å². The van der Waals surface area contributed by atoms with Crippen LogP contribution < -0.4 is 4.90 Å². The first-order valence-corrected chi connectivity index (χ1v) is 9.57. The van der Waals surface area contributed by atoms with Crippen LogP contribution in [0.5, 0.6) is 0 Å². The van der Waals surface area contributed by atoms with Gasteiger partial charge < -0.3 is 15.1 Å². The minimum absolute atomic E-state index is 0.126. The first kappa shape index (κ1) is 14.1. The Kier molecular flexibility index (Phi) is 2.45. The molecule has 4 heteroatoms. The second-order valence-electron chi connectivity index (χ2n) is 8.81. The lowest BCUT2D eigenvalue weighted by Gasteiger charge is -2.62. The smallest absolute Gasteiger partial charge is 0.111 e. The molecule has 5 fully saturated rings. The molecular weight excluding hydrogens is 300 g/mol. The molecule has 1 aromatic carbocycles. The van der Waals surface area contributed by atoms with Crippen LogP contribution in [0.3, 0.4) is 0 Å². The van der Waals surface area contributed by atoms with Gasteiger partial charge >= 0.3 is 0 Å². The van der Waals surface area contributed by atoms with Gasteiger partial charge in [-0.1, -0.05) is 25.1 Å². The van der Waals surface area contributed by atoms with Crippen LogP contribution in [-0.2, 0) is 5.41 Å². The Morgan fingerprint density at radius 2 is 2.00 bits per heavy atom. The summed E-state index contributed by atoms with van der Waals surface area (Å²) in [6.45, 7) is 2.19. The van der Waals surface area contributed by atoms with Crippen LogP contribution in [0, 0.1) is 17.8 Å². The van der Waals surface area contributed by atoms with Crippen molar-refractivity contribution in [1.82, 2.24) is 4.90 Å². The number of aliphatic hydroxyl groups excluding tert-OH is 2. The Morgan fingerprint density at radius 1 is 1.21 bits per heavy atom. The number of likely N-dealkylation sites (N-methyl/N-ethyl adjacent to an activating group) is 1. The lowest BCUT2D eigenvalue weighted by Crippen LogP contribution is -2.72. The summed E-state index contributed by atoms with van der Waals surface area (Å²) in [4.78, 5) is 4.83. The molecular formula is C20H26N2O2. The molecule has 5 aliphatic heterocycles. The van der Waals surface area contributed by atoms with Gasteiger partial charge in [0.05, 0.1) is 12.1 Å². The second-order valence-corrected chi connectivity index (χ2v) is 8.81. The van der Waals surface area contributed by atoms with Crippen LogP contribution in [-0.4, -0.2) is 52.6 Å². The highest BCUT2D eigenvalue weighted by Crippen LogP contribution is 2.68. The number of hydrogen-bond donors (Lipinski definition) is 2. The molecule has 1 aliphatic carbocycles. The van der Waals surface area contributed by atoms with E-state index >= 15 is 0 Å². The van der Waals surface area contributed by atoms with Crippen molar-refractivity contribution in [2.75, 3.05) is 11.9 Å². The molecule has 5 heterocycles.